The summed E-state index contributed by atoms with van der Waals surface area (Å²) in [5.74, 6) is -0.0197. The molecular formula is C23H25N3O3S2. The molecule has 2 aromatic carbocycles. The molecule has 3 rings (SSSR count). The lowest BCUT2D eigenvalue weighted by atomic mass is 10.0. The van der Waals surface area contributed by atoms with Gasteiger partial charge in [-0.3, -0.25) is 10.1 Å². The molecule has 3 aromatic rings. The number of nitrogens with one attached hydrogen (secondary N) is 1. The Morgan fingerprint density at radius 1 is 1.13 bits per heavy atom. The van der Waals surface area contributed by atoms with Gasteiger partial charge in [0.05, 0.1) is 15.1 Å². The minimum Gasteiger partial charge on any atom is -0.298 e. The van der Waals surface area contributed by atoms with Gasteiger partial charge in [0.1, 0.15) is 0 Å². The maximum atomic E-state index is 12.8. The Kier molecular flexibility index (Phi) is 7.04. The number of para-hydroxylation sites is 1. The average molecular weight is 456 g/mol. The molecule has 31 heavy (non-hydrogen) atoms. The van der Waals surface area contributed by atoms with Crippen LogP contribution in [-0.4, -0.2) is 36.7 Å². The van der Waals surface area contributed by atoms with Crippen molar-refractivity contribution in [1.29, 1.82) is 0 Å². The number of carbonyl (C=O) groups excluding carboxylic acids is 1. The monoisotopic (exact) mass is 455 g/mol. The third kappa shape index (κ3) is 4.92. The van der Waals surface area contributed by atoms with Crippen molar-refractivity contribution in [3.05, 3.63) is 78.9 Å². The van der Waals surface area contributed by atoms with Gasteiger partial charge in [0.15, 0.2) is 5.13 Å². The van der Waals surface area contributed by atoms with E-state index in [1.807, 2.05) is 18.2 Å². The van der Waals surface area contributed by atoms with Crippen LogP contribution in [0.5, 0.6) is 0 Å². The standard InChI is InChI=1S/C23H25N3O3S2/c1-5-14-26(15-6-2)31(28,29)18-12-10-17(11-13-18)22(27)25-23-24-21-19(16(3)4)8-7-9-20(21)30-23/h5-13,16H,1-2,14-15H2,3-4H3,(H,24,25,27). The molecule has 1 aromatic heterocycles. The maximum absolute atomic E-state index is 12.8. The van der Waals surface area contributed by atoms with Gasteiger partial charge in [0, 0.05) is 18.7 Å². The minimum atomic E-state index is -3.71. The van der Waals surface area contributed by atoms with Crippen molar-refractivity contribution in [2.45, 2.75) is 24.7 Å². The second-order valence-corrected chi connectivity index (χ2v) is 10.2. The Balaban J connectivity index is 1.81. The zero-order valence-electron chi connectivity index (χ0n) is 17.5. The number of aromatic nitrogens is 1. The molecule has 0 bridgehead atoms. The molecule has 1 heterocycles. The number of carbonyl (C=O) groups is 1. The Morgan fingerprint density at radius 3 is 2.35 bits per heavy atom. The fourth-order valence-electron chi connectivity index (χ4n) is 3.14. The second-order valence-electron chi connectivity index (χ2n) is 7.25. The van der Waals surface area contributed by atoms with Crippen molar-refractivity contribution < 1.29 is 13.2 Å². The Morgan fingerprint density at radius 2 is 1.77 bits per heavy atom. The summed E-state index contributed by atoms with van der Waals surface area (Å²) in [6.45, 7) is 11.8. The van der Waals surface area contributed by atoms with Crippen molar-refractivity contribution >= 4 is 42.6 Å². The lowest BCUT2D eigenvalue weighted by molar-refractivity contribution is 0.102. The third-order valence-electron chi connectivity index (χ3n) is 4.71. The summed E-state index contributed by atoms with van der Waals surface area (Å²) in [6.07, 6.45) is 3.04. The zero-order valence-corrected chi connectivity index (χ0v) is 19.2. The highest BCUT2D eigenvalue weighted by atomic mass is 32.2. The van der Waals surface area contributed by atoms with Gasteiger partial charge in [0.25, 0.3) is 5.91 Å². The molecule has 0 aliphatic heterocycles. The van der Waals surface area contributed by atoms with E-state index in [-0.39, 0.29) is 23.9 Å². The molecule has 0 radical (unpaired) electrons. The van der Waals surface area contributed by atoms with Crippen LogP contribution in [-0.2, 0) is 10.0 Å². The van der Waals surface area contributed by atoms with E-state index in [1.165, 1.54) is 52.1 Å². The van der Waals surface area contributed by atoms with Gasteiger partial charge in [-0.1, -0.05) is 49.5 Å². The first-order valence-corrected chi connectivity index (χ1v) is 12.1. The molecule has 8 heteroatoms. The maximum Gasteiger partial charge on any atom is 0.257 e. The molecule has 0 atom stereocenters. The minimum absolute atomic E-state index is 0.106. The number of hydrogen-bond donors (Lipinski definition) is 1. The fourth-order valence-corrected chi connectivity index (χ4v) is 5.42. The van der Waals surface area contributed by atoms with Crippen LogP contribution in [0.3, 0.4) is 0 Å². The summed E-state index contributed by atoms with van der Waals surface area (Å²) in [4.78, 5) is 17.4. The summed E-state index contributed by atoms with van der Waals surface area (Å²) in [5, 5.41) is 3.32. The highest BCUT2D eigenvalue weighted by molar-refractivity contribution is 7.89. The van der Waals surface area contributed by atoms with Gasteiger partial charge >= 0.3 is 0 Å². The van der Waals surface area contributed by atoms with Crippen LogP contribution in [0.1, 0.15) is 35.7 Å². The Labute approximate surface area is 187 Å². The predicted octanol–water partition coefficient (Wildman–Crippen LogP) is 5.03. The van der Waals surface area contributed by atoms with E-state index in [2.05, 4.69) is 37.3 Å². The van der Waals surface area contributed by atoms with Crippen molar-refractivity contribution in [2.75, 3.05) is 18.4 Å². The first-order chi connectivity index (χ1) is 14.8. The summed E-state index contributed by atoms with van der Waals surface area (Å²) in [5.41, 5.74) is 2.37. The summed E-state index contributed by atoms with van der Waals surface area (Å²) in [7, 11) is -3.71. The lowest BCUT2D eigenvalue weighted by Gasteiger charge is -2.19. The van der Waals surface area contributed by atoms with Crippen LogP contribution in [0.4, 0.5) is 5.13 Å². The molecule has 0 aliphatic rings. The molecule has 1 N–H and O–H groups in total. The van der Waals surface area contributed by atoms with E-state index in [0.29, 0.717) is 16.6 Å². The molecule has 0 fully saturated rings. The molecule has 0 saturated heterocycles. The van der Waals surface area contributed by atoms with E-state index in [4.69, 9.17) is 0 Å². The number of sulfonamides is 1. The van der Waals surface area contributed by atoms with Crippen molar-refractivity contribution in [3.63, 3.8) is 0 Å². The second kappa shape index (κ2) is 9.55. The van der Waals surface area contributed by atoms with Crippen LogP contribution >= 0.6 is 11.3 Å². The molecule has 6 nitrogen and oxygen atoms in total. The molecule has 0 unspecified atom stereocenters. The zero-order chi connectivity index (χ0) is 22.6. The van der Waals surface area contributed by atoms with E-state index >= 15 is 0 Å². The fraction of sp³-hybridized carbons (Fsp3) is 0.217. The first-order valence-electron chi connectivity index (χ1n) is 9.80. The number of benzene rings is 2. The molecule has 0 aliphatic carbocycles. The summed E-state index contributed by atoms with van der Waals surface area (Å²) < 4.78 is 27.9. The Hall–Kier alpha value is -2.81. The van der Waals surface area contributed by atoms with Crippen LogP contribution in [0, 0.1) is 0 Å². The molecular weight excluding hydrogens is 430 g/mol. The van der Waals surface area contributed by atoms with E-state index in [0.717, 1.165) is 15.8 Å². The predicted molar refractivity (Wildman–Crippen MR) is 127 cm³/mol. The van der Waals surface area contributed by atoms with Crippen LogP contribution in [0.2, 0.25) is 0 Å². The van der Waals surface area contributed by atoms with Gasteiger partial charge in [-0.05, 0) is 41.8 Å². The number of rotatable bonds is 9. The van der Waals surface area contributed by atoms with Crippen molar-refractivity contribution in [3.8, 4) is 0 Å². The van der Waals surface area contributed by atoms with E-state index in [1.54, 1.807) is 0 Å². The number of anilines is 1. The molecule has 1 amide bonds. The normalized spacial score (nSPS) is 11.7. The molecule has 0 saturated carbocycles. The lowest BCUT2D eigenvalue weighted by Crippen LogP contribution is -2.31. The highest BCUT2D eigenvalue weighted by Crippen LogP contribution is 2.31. The SMILES string of the molecule is C=CCN(CC=C)S(=O)(=O)c1ccc(C(=O)Nc2nc3c(C(C)C)cccc3s2)cc1. The van der Waals surface area contributed by atoms with E-state index < -0.39 is 10.0 Å². The van der Waals surface area contributed by atoms with Crippen LogP contribution < -0.4 is 5.32 Å². The number of hydrogen-bond acceptors (Lipinski definition) is 5. The van der Waals surface area contributed by atoms with E-state index in [9.17, 15) is 13.2 Å². The number of fused-ring (bicyclic) bond motifs is 1. The topological polar surface area (TPSA) is 79.4 Å². The first kappa shape index (κ1) is 22.9. The van der Waals surface area contributed by atoms with Gasteiger partial charge in [-0.2, -0.15) is 4.31 Å². The van der Waals surface area contributed by atoms with Gasteiger partial charge in [-0.25, -0.2) is 13.4 Å². The van der Waals surface area contributed by atoms with Crippen LogP contribution in [0.15, 0.2) is 72.7 Å². The third-order valence-corrected chi connectivity index (χ3v) is 7.49. The Bertz CT molecular complexity index is 1200. The summed E-state index contributed by atoms with van der Waals surface area (Å²) >= 11 is 1.41. The average Bonchev–Trinajstić information content (AvgIpc) is 3.15. The van der Waals surface area contributed by atoms with Crippen molar-refractivity contribution in [2.24, 2.45) is 0 Å². The van der Waals surface area contributed by atoms with Gasteiger partial charge < -0.3 is 0 Å². The van der Waals surface area contributed by atoms with Gasteiger partial charge in [-0.15, -0.1) is 13.2 Å². The summed E-state index contributed by atoms with van der Waals surface area (Å²) in [6, 6.07) is 11.9. The number of amides is 1. The quantitative estimate of drug-likeness (QED) is 0.459. The largest absolute Gasteiger partial charge is 0.298 e. The smallest absolute Gasteiger partial charge is 0.257 e. The van der Waals surface area contributed by atoms with Crippen LogP contribution in [0.25, 0.3) is 10.2 Å². The number of nitrogens with zero attached hydrogens (tertiary/aromatic N) is 2. The number of thiazole rings is 1. The highest BCUT2D eigenvalue weighted by Gasteiger charge is 2.23. The molecule has 162 valence electrons. The van der Waals surface area contributed by atoms with Crippen molar-refractivity contribution in [1.82, 2.24) is 9.29 Å². The molecule has 0 spiro atoms. The van der Waals surface area contributed by atoms with Gasteiger partial charge in [0.2, 0.25) is 10.0 Å².